The van der Waals surface area contributed by atoms with Crippen LogP contribution in [0.4, 0.5) is 0 Å². The zero-order chi connectivity index (χ0) is 14.0. The average molecular weight is 264 g/mol. The summed E-state index contributed by atoms with van der Waals surface area (Å²) in [7, 11) is 1.62. The highest BCUT2D eigenvalue weighted by Crippen LogP contribution is 2.41. The summed E-state index contributed by atoms with van der Waals surface area (Å²) in [4.78, 5) is 11.1. The number of carbonyl (C=O) groups is 1. The van der Waals surface area contributed by atoms with E-state index in [1.807, 2.05) is 18.2 Å². The zero-order valence-corrected chi connectivity index (χ0v) is 11.6. The van der Waals surface area contributed by atoms with Crippen molar-refractivity contribution in [3.8, 4) is 5.75 Å². The van der Waals surface area contributed by atoms with Crippen LogP contribution in [0.5, 0.6) is 5.75 Å². The molecule has 1 N–H and O–H groups in total. The molecule has 104 valence electrons. The lowest BCUT2D eigenvalue weighted by Gasteiger charge is -2.41. The van der Waals surface area contributed by atoms with Gasteiger partial charge < -0.3 is 14.6 Å². The van der Waals surface area contributed by atoms with Crippen LogP contribution in [-0.2, 0) is 14.9 Å². The second kappa shape index (κ2) is 5.21. The van der Waals surface area contributed by atoms with Gasteiger partial charge in [0.2, 0.25) is 0 Å². The molecule has 4 heteroatoms. The zero-order valence-electron chi connectivity index (χ0n) is 11.6. The van der Waals surface area contributed by atoms with Crippen molar-refractivity contribution in [3.63, 3.8) is 0 Å². The van der Waals surface area contributed by atoms with E-state index in [2.05, 4.69) is 13.8 Å². The molecule has 0 amide bonds. The van der Waals surface area contributed by atoms with Crippen LogP contribution in [0, 0.1) is 0 Å². The highest BCUT2D eigenvalue weighted by molar-refractivity contribution is 5.70. The molecule has 2 rings (SSSR count). The van der Waals surface area contributed by atoms with Gasteiger partial charge >= 0.3 is 5.97 Å². The Labute approximate surface area is 113 Å². The first kappa shape index (κ1) is 13.9. The van der Waals surface area contributed by atoms with Crippen LogP contribution in [0.2, 0.25) is 0 Å². The number of carboxylic acid groups (broad SMARTS) is 1. The van der Waals surface area contributed by atoms with Gasteiger partial charge in [-0.05, 0) is 17.5 Å². The molecule has 1 aromatic rings. The van der Waals surface area contributed by atoms with Crippen LogP contribution in [0.25, 0.3) is 0 Å². The number of ether oxygens (including phenoxy) is 2. The van der Waals surface area contributed by atoms with E-state index in [1.54, 1.807) is 7.11 Å². The highest BCUT2D eigenvalue weighted by Gasteiger charge is 2.44. The van der Waals surface area contributed by atoms with E-state index in [0.717, 1.165) is 11.3 Å². The van der Waals surface area contributed by atoms with Gasteiger partial charge in [-0.15, -0.1) is 0 Å². The predicted molar refractivity (Wildman–Crippen MR) is 71.8 cm³/mol. The number of hydrogen-bond donors (Lipinski definition) is 1. The summed E-state index contributed by atoms with van der Waals surface area (Å²) < 4.78 is 10.7. The third kappa shape index (κ3) is 2.59. The van der Waals surface area contributed by atoms with Gasteiger partial charge in [0.15, 0.2) is 0 Å². The second-order valence-corrected chi connectivity index (χ2v) is 5.46. The molecule has 1 aliphatic rings. The fraction of sp³-hybridized carbons (Fsp3) is 0.533. The minimum atomic E-state index is -0.807. The molecule has 0 aromatic heterocycles. The van der Waals surface area contributed by atoms with Crippen LogP contribution in [-0.4, -0.2) is 31.4 Å². The molecule has 1 heterocycles. The first-order valence-corrected chi connectivity index (χ1v) is 6.46. The normalized spacial score (nSPS) is 17.1. The fourth-order valence-corrected chi connectivity index (χ4v) is 2.50. The SMILES string of the molecule is COc1cc(C(C)C)ccc1C1(CC(=O)O)COC1. The molecule has 0 saturated carbocycles. The molecular weight excluding hydrogens is 244 g/mol. The maximum atomic E-state index is 11.1. The van der Waals surface area contributed by atoms with E-state index in [4.69, 9.17) is 14.6 Å². The summed E-state index contributed by atoms with van der Waals surface area (Å²) in [5.41, 5.74) is 1.69. The Morgan fingerprint density at radius 3 is 2.58 bits per heavy atom. The van der Waals surface area contributed by atoms with Gasteiger partial charge in [0.05, 0.1) is 32.2 Å². The van der Waals surface area contributed by atoms with Crippen molar-refractivity contribution < 1.29 is 19.4 Å². The largest absolute Gasteiger partial charge is 0.496 e. The number of benzene rings is 1. The molecule has 1 aliphatic heterocycles. The van der Waals surface area contributed by atoms with Crippen LogP contribution in [0.15, 0.2) is 18.2 Å². The molecule has 0 bridgehead atoms. The Balaban J connectivity index is 2.40. The Morgan fingerprint density at radius 1 is 1.47 bits per heavy atom. The molecule has 0 aliphatic carbocycles. The standard InChI is InChI=1S/C15H20O4/c1-10(2)11-4-5-12(13(6-11)18-3)15(7-14(16)17)8-19-9-15/h4-6,10H,7-9H2,1-3H3,(H,16,17). The summed E-state index contributed by atoms with van der Waals surface area (Å²) in [5.74, 6) is 0.366. The summed E-state index contributed by atoms with van der Waals surface area (Å²) >= 11 is 0. The van der Waals surface area contributed by atoms with E-state index < -0.39 is 11.4 Å². The molecular formula is C15H20O4. The van der Waals surface area contributed by atoms with Crippen LogP contribution >= 0.6 is 0 Å². The molecule has 0 unspecified atom stereocenters. The van der Waals surface area contributed by atoms with Crippen molar-refractivity contribution in [2.75, 3.05) is 20.3 Å². The van der Waals surface area contributed by atoms with E-state index in [1.165, 1.54) is 5.56 Å². The number of methoxy groups -OCH3 is 1. The first-order valence-electron chi connectivity index (χ1n) is 6.46. The summed E-state index contributed by atoms with van der Waals surface area (Å²) in [6.45, 7) is 5.12. The molecule has 19 heavy (non-hydrogen) atoms. The lowest BCUT2D eigenvalue weighted by atomic mass is 9.75. The molecule has 1 fully saturated rings. The minimum Gasteiger partial charge on any atom is -0.496 e. The lowest BCUT2D eigenvalue weighted by Crippen LogP contribution is -2.48. The second-order valence-electron chi connectivity index (χ2n) is 5.46. The van der Waals surface area contributed by atoms with E-state index in [0.29, 0.717) is 19.1 Å². The third-order valence-corrected chi connectivity index (χ3v) is 3.71. The number of rotatable bonds is 5. The molecule has 1 aromatic carbocycles. The minimum absolute atomic E-state index is 0.0738. The van der Waals surface area contributed by atoms with Crippen LogP contribution in [0.1, 0.15) is 37.3 Å². The van der Waals surface area contributed by atoms with Gasteiger partial charge in [-0.3, -0.25) is 4.79 Å². The number of aliphatic carboxylic acids is 1. The topological polar surface area (TPSA) is 55.8 Å². The summed E-state index contributed by atoms with van der Waals surface area (Å²) in [6, 6.07) is 6.03. The van der Waals surface area contributed by atoms with Crippen molar-refractivity contribution in [2.24, 2.45) is 0 Å². The van der Waals surface area contributed by atoms with E-state index in [9.17, 15) is 4.79 Å². The van der Waals surface area contributed by atoms with Crippen LogP contribution < -0.4 is 4.74 Å². The van der Waals surface area contributed by atoms with Gasteiger partial charge in [-0.2, -0.15) is 0 Å². The van der Waals surface area contributed by atoms with Crippen molar-refractivity contribution in [1.29, 1.82) is 0 Å². The van der Waals surface area contributed by atoms with Crippen molar-refractivity contribution in [1.82, 2.24) is 0 Å². The highest BCUT2D eigenvalue weighted by atomic mass is 16.5. The monoisotopic (exact) mass is 264 g/mol. The maximum Gasteiger partial charge on any atom is 0.304 e. The van der Waals surface area contributed by atoms with Crippen molar-refractivity contribution in [2.45, 2.75) is 31.6 Å². The van der Waals surface area contributed by atoms with Crippen molar-refractivity contribution in [3.05, 3.63) is 29.3 Å². The Bertz CT molecular complexity index is 475. The van der Waals surface area contributed by atoms with Gasteiger partial charge in [0.1, 0.15) is 5.75 Å². The predicted octanol–water partition coefficient (Wildman–Crippen LogP) is 2.56. The molecule has 4 nitrogen and oxygen atoms in total. The molecule has 1 saturated heterocycles. The van der Waals surface area contributed by atoms with Gasteiger partial charge in [0, 0.05) is 5.56 Å². The van der Waals surface area contributed by atoms with E-state index in [-0.39, 0.29) is 6.42 Å². The summed E-state index contributed by atoms with van der Waals surface area (Å²) in [5, 5.41) is 9.09. The number of carboxylic acids is 1. The van der Waals surface area contributed by atoms with Gasteiger partial charge in [0.25, 0.3) is 0 Å². The summed E-state index contributed by atoms with van der Waals surface area (Å²) in [6.07, 6.45) is 0.0738. The average Bonchev–Trinajstić information content (AvgIpc) is 2.32. The van der Waals surface area contributed by atoms with Gasteiger partial charge in [-0.1, -0.05) is 26.0 Å². The Hall–Kier alpha value is -1.55. The first-order chi connectivity index (χ1) is 8.98. The fourth-order valence-electron chi connectivity index (χ4n) is 2.50. The molecule has 0 atom stereocenters. The van der Waals surface area contributed by atoms with Gasteiger partial charge in [-0.25, -0.2) is 0 Å². The lowest BCUT2D eigenvalue weighted by molar-refractivity contribution is -0.145. The van der Waals surface area contributed by atoms with Crippen LogP contribution in [0.3, 0.4) is 0 Å². The molecule has 0 radical (unpaired) electrons. The third-order valence-electron chi connectivity index (χ3n) is 3.71. The Morgan fingerprint density at radius 2 is 2.16 bits per heavy atom. The van der Waals surface area contributed by atoms with Crippen molar-refractivity contribution >= 4 is 5.97 Å². The van der Waals surface area contributed by atoms with E-state index >= 15 is 0 Å². The quantitative estimate of drug-likeness (QED) is 0.888. The maximum absolute atomic E-state index is 11.1. The number of hydrogen-bond acceptors (Lipinski definition) is 3. The Kier molecular flexibility index (Phi) is 3.80. The molecule has 0 spiro atoms. The smallest absolute Gasteiger partial charge is 0.304 e.